The first-order chi connectivity index (χ1) is 19.3. The molecule has 1 aromatic heterocycles. The number of hydrogen-bond donors (Lipinski definition) is 5. The van der Waals surface area contributed by atoms with Crippen LogP contribution in [0.5, 0.6) is 0 Å². The van der Waals surface area contributed by atoms with E-state index in [9.17, 15) is 14.4 Å². The lowest BCUT2D eigenvalue weighted by Crippen LogP contribution is -2.63. The van der Waals surface area contributed by atoms with Crippen LogP contribution in [0.25, 0.3) is 20.9 Å². The number of nitrogens with two attached hydrogens (primary N) is 1. The second-order valence-electron chi connectivity index (χ2n) is 10.5. The summed E-state index contributed by atoms with van der Waals surface area (Å²) in [5, 5.41) is 17.3. The van der Waals surface area contributed by atoms with Crippen LogP contribution in [0.15, 0.2) is 72.1 Å². The van der Waals surface area contributed by atoms with Gasteiger partial charge in [-0.2, -0.15) is 0 Å². The largest absolute Gasteiger partial charge is 0.342 e. The molecule has 0 saturated carbocycles. The fourth-order valence-electron chi connectivity index (χ4n) is 5.37. The number of carbonyl (C=O) groups is 3. The van der Waals surface area contributed by atoms with Gasteiger partial charge in [0.1, 0.15) is 12.2 Å². The minimum atomic E-state index is -1.05. The fourth-order valence-corrected chi connectivity index (χ4v) is 6.34. The van der Waals surface area contributed by atoms with Gasteiger partial charge >= 0.3 is 0 Å². The first-order valence-electron chi connectivity index (χ1n) is 13.6. The summed E-state index contributed by atoms with van der Waals surface area (Å²) in [6, 6.07) is 21.1. The summed E-state index contributed by atoms with van der Waals surface area (Å²) < 4.78 is 1.14. The fraction of sp³-hybridized carbons (Fsp3) is 0.323. The smallest absolute Gasteiger partial charge is 0.244 e. The van der Waals surface area contributed by atoms with Crippen molar-refractivity contribution in [2.75, 3.05) is 13.1 Å². The first-order valence-corrected chi connectivity index (χ1v) is 14.5. The first kappa shape index (κ1) is 27.8. The Labute approximate surface area is 237 Å². The predicted octanol–water partition coefficient (Wildman–Crippen LogP) is 2.98. The highest BCUT2D eigenvalue weighted by Crippen LogP contribution is 2.26. The highest BCUT2D eigenvalue weighted by Gasteiger charge is 2.37. The van der Waals surface area contributed by atoms with Gasteiger partial charge in [0.2, 0.25) is 17.7 Å². The maximum atomic E-state index is 13.9. The molecule has 0 bridgehead atoms. The topological polar surface area (TPSA) is 125 Å². The molecule has 1 fully saturated rings. The molecule has 0 unspecified atom stereocenters. The summed E-state index contributed by atoms with van der Waals surface area (Å²) in [4.78, 5) is 39.4. The van der Waals surface area contributed by atoms with E-state index in [-0.39, 0.29) is 24.1 Å². The predicted molar refractivity (Wildman–Crippen MR) is 160 cm³/mol. The van der Waals surface area contributed by atoms with Gasteiger partial charge in [0.15, 0.2) is 0 Å². The maximum Gasteiger partial charge on any atom is 0.244 e. The molecule has 1 saturated heterocycles. The lowest BCUT2D eigenvalue weighted by Gasteiger charge is -2.34. The van der Waals surface area contributed by atoms with Crippen LogP contribution in [0.1, 0.15) is 30.9 Å². The zero-order valence-electron chi connectivity index (χ0n) is 22.5. The number of rotatable bonds is 9. The number of nitrogens with one attached hydrogen (secondary N) is 4. The quantitative estimate of drug-likeness (QED) is 0.202. The molecule has 40 heavy (non-hydrogen) atoms. The average Bonchev–Trinajstić information content (AvgIpc) is 3.35. The van der Waals surface area contributed by atoms with Crippen LogP contribution in [0, 0.1) is 0 Å². The standard InChI is InChI=1S/C31H35N5O3S/c1-20(37)34-28(18-23-19-40-27-12-5-4-11-25(23)27)36-29(38)26(35-30(39)31(32)13-15-33-16-14-31)17-22-9-6-8-21-7-2-3-10-24(21)22/h2-12,19,26,28,33H,13-18,32H2,1H3,(H,34,37)(H,35,39)(H,36,38)/t26-,28-/m1/s1. The summed E-state index contributed by atoms with van der Waals surface area (Å²) >= 11 is 1.63. The Morgan fingerprint density at radius 1 is 0.875 bits per heavy atom. The number of fused-ring (bicyclic) bond motifs is 2. The molecule has 0 radical (unpaired) electrons. The number of benzene rings is 3. The van der Waals surface area contributed by atoms with E-state index in [2.05, 4.69) is 32.7 Å². The highest BCUT2D eigenvalue weighted by molar-refractivity contribution is 7.17. The normalized spacial score (nSPS) is 16.2. The molecular formula is C31H35N5O3S. The summed E-state index contributed by atoms with van der Waals surface area (Å²) in [7, 11) is 0. The van der Waals surface area contributed by atoms with Crippen molar-refractivity contribution >= 4 is 49.9 Å². The van der Waals surface area contributed by atoms with Crippen LogP contribution in [-0.2, 0) is 27.2 Å². The van der Waals surface area contributed by atoms with Crippen molar-refractivity contribution in [3.05, 3.63) is 83.2 Å². The Morgan fingerprint density at radius 3 is 2.35 bits per heavy atom. The van der Waals surface area contributed by atoms with Gasteiger partial charge in [0, 0.05) is 24.5 Å². The van der Waals surface area contributed by atoms with E-state index in [0.717, 1.165) is 32.0 Å². The molecule has 0 spiro atoms. The van der Waals surface area contributed by atoms with Crippen LogP contribution in [-0.4, -0.2) is 48.6 Å². The number of carbonyl (C=O) groups excluding carboxylic acids is 3. The summed E-state index contributed by atoms with van der Waals surface area (Å²) in [6.45, 7) is 2.71. The number of thiophene rings is 1. The van der Waals surface area contributed by atoms with E-state index in [1.54, 1.807) is 11.3 Å². The highest BCUT2D eigenvalue weighted by atomic mass is 32.1. The van der Waals surface area contributed by atoms with Crippen molar-refractivity contribution in [3.63, 3.8) is 0 Å². The van der Waals surface area contributed by atoms with E-state index in [1.807, 2.05) is 60.7 Å². The molecule has 8 nitrogen and oxygen atoms in total. The molecule has 1 aliphatic heterocycles. The minimum absolute atomic E-state index is 0.255. The van der Waals surface area contributed by atoms with Crippen molar-refractivity contribution in [2.24, 2.45) is 5.73 Å². The van der Waals surface area contributed by atoms with Gasteiger partial charge in [0.05, 0.1) is 5.54 Å². The van der Waals surface area contributed by atoms with Crippen LogP contribution in [0.4, 0.5) is 0 Å². The SMILES string of the molecule is CC(=O)N[C@@H](Cc1csc2ccccc12)NC(=O)[C@@H](Cc1cccc2ccccc12)NC(=O)C1(N)CCNCC1. The van der Waals surface area contributed by atoms with Gasteiger partial charge in [0.25, 0.3) is 0 Å². The van der Waals surface area contributed by atoms with Crippen molar-refractivity contribution < 1.29 is 14.4 Å². The summed E-state index contributed by atoms with van der Waals surface area (Å²) in [5.74, 6) is -0.971. The molecule has 3 aromatic carbocycles. The molecule has 0 aliphatic carbocycles. The molecule has 9 heteroatoms. The Bertz CT molecular complexity index is 1520. The molecule has 2 heterocycles. The summed E-state index contributed by atoms with van der Waals surface area (Å²) in [5.41, 5.74) is 7.43. The van der Waals surface area contributed by atoms with Gasteiger partial charge < -0.3 is 27.0 Å². The Kier molecular flexibility index (Phi) is 8.44. The zero-order valence-corrected chi connectivity index (χ0v) is 23.4. The van der Waals surface area contributed by atoms with Crippen molar-refractivity contribution in [2.45, 2.75) is 50.4 Å². The van der Waals surface area contributed by atoms with Crippen LogP contribution in [0.2, 0.25) is 0 Å². The molecule has 6 N–H and O–H groups in total. The van der Waals surface area contributed by atoms with Gasteiger partial charge in [-0.05, 0) is 64.7 Å². The second-order valence-corrected chi connectivity index (χ2v) is 11.4. The Morgan fingerprint density at radius 2 is 1.57 bits per heavy atom. The second kappa shape index (κ2) is 12.2. The zero-order chi connectivity index (χ0) is 28.1. The van der Waals surface area contributed by atoms with Gasteiger partial charge in [-0.1, -0.05) is 60.7 Å². The molecule has 208 valence electrons. The monoisotopic (exact) mass is 557 g/mol. The average molecular weight is 558 g/mol. The molecule has 4 aromatic rings. The maximum absolute atomic E-state index is 13.9. The lowest BCUT2D eigenvalue weighted by atomic mass is 9.88. The van der Waals surface area contributed by atoms with E-state index in [1.165, 1.54) is 6.92 Å². The lowest BCUT2D eigenvalue weighted by molar-refractivity contribution is -0.133. The van der Waals surface area contributed by atoms with Crippen LogP contribution in [0.3, 0.4) is 0 Å². The number of hydrogen-bond acceptors (Lipinski definition) is 6. The minimum Gasteiger partial charge on any atom is -0.342 e. The molecule has 5 rings (SSSR count). The van der Waals surface area contributed by atoms with Crippen LogP contribution < -0.4 is 27.0 Å². The van der Waals surface area contributed by atoms with E-state index in [0.29, 0.717) is 32.4 Å². The van der Waals surface area contributed by atoms with E-state index >= 15 is 0 Å². The Balaban J connectivity index is 1.41. The third-order valence-electron chi connectivity index (χ3n) is 7.55. The Hall–Kier alpha value is -3.79. The number of piperidine rings is 1. The number of amides is 3. The third kappa shape index (κ3) is 6.33. The molecule has 2 atom stereocenters. The van der Waals surface area contributed by atoms with E-state index in [4.69, 9.17) is 5.73 Å². The van der Waals surface area contributed by atoms with Gasteiger partial charge in [-0.25, -0.2) is 0 Å². The summed E-state index contributed by atoms with van der Waals surface area (Å²) in [6.07, 6.45) is 1.02. The van der Waals surface area contributed by atoms with Crippen LogP contribution >= 0.6 is 11.3 Å². The van der Waals surface area contributed by atoms with Crippen molar-refractivity contribution in [3.8, 4) is 0 Å². The van der Waals surface area contributed by atoms with Crippen molar-refractivity contribution in [1.82, 2.24) is 21.3 Å². The molecular weight excluding hydrogens is 522 g/mol. The van der Waals surface area contributed by atoms with Gasteiger partial charge in [-0.3, -0.25) is 14.4 Å². The molecule has 1 aliphatic rings. The third-order valence-corrected chi connectivity index (χ3v) is 8.57. The molecule has 3 amide bonds. The van der Waals surface area contributed by atoms with E-state index < -0.39 is 17.7 Å². The van der Waals surface area contributed by atoms with Crippen molar-refractivity contribution in [1.29, 1.82) is 0 Å². The van der Waals surface area contributed by atoms with Gasteiger partial charge in [-0.15, -0.1) is 11.3 Å².